The summed E-state index contributed by atoms with van der Waals surface area (Å²) in [5.74, 6) is 1.10. The van der Waals surface area contributed by atoms with E-state index in [9.17, 15) is 5.11 Å². The Labute approximate surface area is 99.5 Å². The zero-order chi connectivity index (χ0) is 12.2. The number of phenolic OH excluding ortho intramolecular Hbond substituents is 1. The predicted molar refractivity (Wildman–Crippen MR) is 69.8 cm³/mol. The quantitative estimate of drug-likeness (QED) is 0.774. The Morgan fingerprint density at radius 1 is 1.19 bits per heavy atom. The lowest BCUT2D eigenvalue weighted by Crippen LogP contribution is -2.23. The highest BCUT2D eigenvalue weighted by Gasteiger charge is 2.26. The first kappa shape index (κ1) is 13.1. The predicted octanol–water partition coefficient (Wildman–Crippen LogP) is 4.50. The van der Waals surface area contributed by atoms with Gasteiger partial charge < -0.3 is 5.11 Å². The minimum Gasteiger partial charge on any atom is -0.508 e. The Bertz CT molecular complexity index is 315. The van der Waals surface area contributed by atoms with Crippen molar-refractivity contribution in [3.8, 4) is 5.75 Å². The van der Waals surface area contributed by atoms with Gasteiger partial charge in [-0.1, -0.05) is 46.2 Å². The number of aromatic hydroxyl groups is 1. The van der Waals surface area contributed by atoms with E-state index in [-0.39, 0.29) is 5.41 Å². The molecule has 2 atom stereocenters. The van der Waals surface area contributed by atoms with Crippen LogP contribution < -0.4 is 0 Å². The molecule has 0 saturated heterocycles. The topological polar surface area (TPSA) is 20.2 Å². The molecule has 0 aliphatic rings. The molecule has 1 heteroatoms. The highest BCUT2D eigenvalue weighted by molar-refractivity contribution is 5.31. The van der Waals surface area contributed by atoms with Gasteiger partial charge in [0.05, 0.1) is 0 Å². The molecule has 1 rings (SSSR count). The second kappa shape index (κ2) is 5.38. The van der Waals surface area contributed by atoms with Crippen molar-refractivity contribution >= 4 is 0 Å². The van der Waals surface area contributed by atoms with Crippen LogP contribution in [0.1, 0.15) is 52.5 Å². The molecule has 1 N–H and O–H groups in total. The molecule has 0 saturated carbocycles. The number of hydrogen-bond acceptors (Lipinski definition) is 1. The van der Waals surface area contributed by atoms with Crippen molar-refractivity contribution in [1.29, 1.82) is 0 Å². The monoisotopic (exact) mass is 220 g/mol. The third kappa shape index (κ3) is 3.01. The van der Waals surface area contributed by atoms with Crippen molar-refractivity contribution in [3.63, 3.8) is 0 Å². The van der Waals surface area contributed by atoms with E-state index >= 15 is 0 Å². The highest BCUT2D eigenvalue weighted by Crippen LogP contribution is 2.35. The summed E-state index contributed by atoms with van der Waals surface area (Å²) < 4.78 is 0. The van der Waals surface area contributed by atoms with Crippen LogP contribution in [0.3, 0.4) is 0 Å². The van der Waals surface area contributed by atoms with Crippen LogP contribution in [-0.2, 0) is 5.41 Å². The largest absolute Gasteiger partial charge is 0.508 e. The van der Waals surface area contributed by atoms with Crippen LogP contribution in [0.25, 0.3) is 0 Å². The average molecular weight is 220 g/mol. The molecule has 0 bridgehead atoms. The van der Waals surface area contributed by atoms with E-state index in [1.54, 1.807) is 12.1 Å². The van der Waals surface area contributed by atoms with Crippen LogP contribution in [0.15, 0.2) is 24.3 Å². The molecule has 1 aromatic carbocycles. The smallest absolute Gasteiger partial charge is 0.115 e. The molecular weight excluding hydrogens is 196 g/mol. The van der Waals surface area contributed by atoms with E-state index < -0.39 is 0 Å². The maximum Gasteiger partial charge on any atom is 0.115 e. The summed E-state index contributed by atoms with van der Waals surface area (Å²) in [7, 11) is 0. The molecule has 0 radical (unpaired) electrons. The molecule has 2 unspecified atom stereocenters. The molecule has 90 valence electrons. The standard InChI is InChI=1S/C15H24O/c1-5-12(3)11-15(4,6-2)13-7-9-14(16)10-8-13/h7-10,12,16H,5-6,11H2,1-4H3. The third-order valence-corrected chi connectivity index (χ3v) is 3.84. The zero-order valence-electron chi connectivity index (χ0n) is 11.0. The van der Waals surface area contributed by atoms with Crippen LogP contribution in [0, 0.1) is 5.92 Å². The van der Waals surface area contributed by atoms with Gasteiger partial charge >= 0.3 is 0 Å². The minimum atomic E-state index is 0.239. The zero-order valence-corrected chi connectivity index (χ0v) is 11.0. The van der Waals surface area contributed by atoms with Crippen molar-refractivity contribution < 1.29 is 5.11 Å². The number of benzene rings is 1. The second-order valence-electron chi connectivity index (χ2n) is 5.18. The second-order valence-corrected chi connectivity index (χ2v) is 5.18. The lowest BCUT2D eigenvalue weighted by atomic mass is 9.73. The van der Waals surface area contributed by atoms with Crippen LogP contribution in [-0.4, -0.2) is 5.11 Å². The molecule has 0 aliphatic heterocycles. The molecular formula is C15H24O. The first-order valence-corrected chi connectivity index (χ1v) is 6.31. The SMILES string of the molecule is CCC(C)CC(C)(CC)c1ccc(O)cc1. The van der Waals surface area contributed by atoms with E-state index in [1.807, 2.05) is 0 Å². The Kier molecular flexibility index (Phi) is 4.40. The Morgan fingerprint density at radius 3 is 2.19 bits per heavy atom. The van der Waals surface area contributed by atoms with Crippen LogP contribution >= 0.6 is 0 Å². The van der Waals surface area contributed by atoms with E-state index in [1.165, 1.54) is 18.4 Å². The van der Waals surface area contributed by atoms with E-state index in [0.29, 0.717) is 5.75 Å². The van der Waals surface area contributed by atoms with Crippen molar-refractivity contribution in [2.24, 2.45) is 5.92 Å². The normalized spacial score (nSPS) is 16.8. The molecule has 0 heterocycles. The van der Waals surface area contributed by atoms with Gasteiger partial charge in [0.1, 0.15) is 5.75 Å². The molecule has 0 aliphatic carbocycles. The van der Waals surface area contributed by atoms with Gasteiger partial charge in [0.15, 0.2) is 0 Å². The summed E-state index contributed by atoms with van der Waals surface area (Å²) in [6.45, 7) is 9.13. The van der Waals surface area contributed by atoms with Crippen molar-refractivity contribution in [2.75, 3.05) is 0 Å². The van der Waals surface area contributed by atoms with Gasteiger partial charge in [0.2, 0.25) is 0 Å². The number of phenols is 1. The molecule has 0 aromatic heterocycles. The summed E-state index contributed by atoms with van der Waals surface area (Å²) in [5.41, 5.74) is 1.58. The van der Waals surface area contributed by atoms with Gasteiger partial charge in [-0.2, -0.15) is 0 Å². The van der Waals surface area contributed by atoms with Gasteiger partial charge in [-0.3, -0.25) is 0 Å². The van der Waals surface area contributed by atoms with Gasteiger partial charge in [0, 0.05) is 0 Å². The fraction of sp³-hybridized carbons (Fsp3) is 0.600. The maximum absolute atomic E-state index is 9.32. The fourth-order valence-corrected chi connectivity index (χ4v) is 2.24. The minimum absolute atomic E-state index is 0.239. The Balaban J connectivity index is 2.90. The summed E-state index contributed by atoms with van der Waals surface area (Å²) in [6.07, 6.45) is 3.58. The number of hydrogen-bond donors (Lipinski definition) is 1. The molecule has 16 heavy (non-hydrogen) atoms. The van der Waals surface area contributed by atoms with Crippen LogP contribution in [0.4, 0.5) is 0 Å². The van der Waals surface area contributed by atoms with Gasteiger partial charge in [-0.15, -0.1) is 0 Å². The maximum atomic E-state index is 9.32. The molecule has 0 fully saturated rings. The summed E-state index contributed by atoms with van der Waals surface area (Å²) in [6, 6.07) is 7.70. The summed E-state index contributed by atoms with van der Waals surface area (Å²) >= 11 is 0. The van der Waals surface area contributed by atoms with E-state index in [4.69, 9.17) is 0 Å². The molecule has 1 aromatic rings. The molecule has 0 spiro atoms. The van der Waals surface area contributed by atoms with Crippen molar-refractivity contribution in [3.05, 3.63) is 29.8 Å². The molecule has 1 nitrogen and oxygen atoms in total. The third-order valence-electron chi connectivity index (χ3n) is 3.84. The lowest BCUT2D eigenvalue weighted by Gasteiger charge is -2.31. The first-order chi connectivity index (χ1) is 7.51. The van der Waals surface area contributed by atoms with Crippen molar-refractivity contribution in [2.45, 2.75) is 52.4 Å². The van der Waals surface area contributed by atoms with E-state index in [0.717, 1.165) is 12.3 Å². The first-order valence-electron chi connectivity index (χ1n) is 6.31. The van der Waals surface area contributed by atoms with Gasteiger partial charge in [-0.25, -0.2) is 0 Å². The van der Waals surface area contributed by atoms with Crippen molar-refractivity contribution in [1.82, 2.24) is 0 Å². The number of rotatable bonds is 5. The summed E-state index contributed by atoms with van der Waals surface area (Å²) in [5, 5.41) is 9.32. The van der Waals surface area contributed by atoms with Gasteiger partial charge in [-0.05, 0) is 41.9 Å². The average Bonchev–Trinajstić information content (AvgIpc) is 2.29. The van der Waals surface area contributed by atoms with E-state index in [2.05, 4.69) is 39.8 Å². The highest BCUT2D eigenvalue weighted by atomic mass is 16.3. The summed E-state index contributed by atoms with van der Waals surface area (Å²) in [4.78, 5) is 0. The van der Waals surface area contributed by atoms with Crippen LogP contribution in [0.5, 0.6) is 5.75 Å². The Morgan fingerprint density at radius 2 is 1.75 bits per heavy atom. The lowest BCUT2D eigenvalue weighted by molar-refractivity contribution is 0.336. The van der Waals surface area contributed by atoms with Crippen LogP contribution in [0.2, 0.25) is 0 Å². The van der Waals surface area contributed by atoms with Gasteiger partial charge in [0.25, 0.3) is 0 Å². The molecule has 0 amide bonds. The Hall–Kier alpha value is -0.980. The fourth-order valence-electron chi connectivity index (χ4n) is 2.24.